The van der Waals surface area contributed by atoms with Gasteiger partial charge in [-0.15, -0.1) is 0 Å². The first-order valence-electron chi connectivity index (χ1n) is 6.09. The molecule has 0 saturated heterocycles. The number of carbonyl (C=O) groups is 2. The fourth-order valence-corrected chi connectivity index (χ4v) is 2.27. The van der Waals surface area contributed by atoms with Gasteiger partial charge in [0.05, 0.1) is 5.57 Å². The highest BCUT2D eigenvalue weighted by Crippen LogP contribution is 2.29. The molecule has 0 aromatic heterocycles. The summed E-state index contributed by atoms with van der Waals surface area (Å²) < 4.78 is 10.1. The molecule has 1 aliphatic rings. The summed E-state index contributed by atoms with van der Waals surface area (Å²) in [6.07, 6.45) is 0.823. The fraction of sp³-hybridized carbons (Fsp3) is 0.692. The van der Waals surface area contributed by atoms with Crippen molar-refractivity contribution in [2.45, 2.75) is 38.9 Å². The van der Waals surface area contributed by atoms with Crippen LogP contribution in [0.3, 0.4) is 0 Å². The molecule has 0 spiro atoms. The van der Waals surface area contributed by atoms with Crippen LogP contribution in [0.5, 0.6) is 0 Å². The van der Waals surface area contributed by atoms with Crippen LogP contribution in [0.2, 0.25) is 0 Å². The lowest BCUT2D eigenvalue weighted by Crippen LogP contribution is -2.35. The third-order valence-corrected chi connectivity index (χ3v) is 3.08. The smallest absolute Gasteiger partial charge is 0.170 e. The fourth-order valence-electron chi connectivity index (χ4n) is 2.27. The third kappa shape index (κ3) is 3.17. The van der Waals surface area contributed by atoms with Crippen LogP contribution >= 0.6 is 0 Å². The Morgan fingerprint density at radius 3 is 2.17 bits per heavy atom. The topological polar surface area (TPSA) is 72.8 Å². The first-order chi connectivity index (χ1) is 8.54. The number of Topliss-reactive ketones (excluding diaryl/α,β-unsaturated/α-hetero) is 2. The summed E-state index contributed by atoms with van der Waals surface area (Å²) in [6.45, 7) is 1.88. The highest BCUT2D eigenvalue weighted by atomic mass is 16.7. The molecule has 0 bridgehead atoms. The molecule has 1 saturated carbocycles. The molecule has 0 aliphatic heterocycles. The number of aliphatic hydroxyl groups excluding tert-OH is 1. The summed E-state index contributed by atoms with van der Waals surface area (Å²) in [6, 6.07) is 0. The van der Waals surface area contributed by atoms with Crippen molar-refractivity contribution in [1.82, 2.24) is 0 Å². The molecule has 0 amide bonds. The van der Waals surface area contributed by atoms with Gasteiger partial charge in [0.1, 0.15) is 5.76 Å². The van der Waals surface area contributed by atoms with E-state index < -0.39 is 6.29 Å². The van der Waals surface area contributed by atoms with Gasteiger partial charge in [0.25, 0.3) is 0 Å². The number of ether oxygens (including phenoxy) is 2. The molecule has 5 nitrogen and oxygen atoms in total. The van der Waals surface area contributed by atoms with E-state index in [1.165, 1.54) is 14.2 Å². The molecule has 1 aliphatic carbocycles. The standard InChI is InChI=1S/C13H20O5/c1-4-5-9(14)12-10(15)6-8(7-11(12)16)13(17-2)18-3/h8,13-14H,4-7H2,1-3H3. The molecule has 0 aromatic rings. The number of aliphatic hydroxyl groups is 1. The predicted molar refractivity (Wildman–Crippen MR) is 65.1 cm³/mol. The average Bonchev–Trinajstić information content (AvgIpc) is 2.30. The van der Waals surface area contributed by atoms with Crippen LogP contribution < -0.4 is 0 Å². The number of carbonyl (C=O) groups excluding carboxylic acids is 2. The molecule has 1 rings (SSSR count). The van der Waals surface area contributed by atoms with Gasteiger partial charge in [-0.1, -0.05) is 6.92 Å². The van der Waals surface area contributed by atoms with Crippen LogP contribution in [-0.2, 0) is 19.1 Å². The second-order valence-electron chi connectivity index (χ2n) is 4.43. The van der Waals surface area contributed by atoms with Gasteiger partial charge in [0.15, 0.2) is 17.9 Å². The second-order valence-corrected chi connectivity index (χ2v) is 4.43. The first-order valence-corrected chi connectivity index (χ1v) is 6.09. The molecule has 102 valence electrons. The summed E-state index contributed by atoms with van der Waals surface area (Å²) in [7, 11) is 2.95. The summed E-state index contributed by atoms with van der Waals surface area (Å²) in [5.41, 5.74) is -0.0287. The molecule has 0 unspecified atom stereocenters. The van der Waals surface area contributed by atoms with Crippen molar-refractivity contribution < 1.29 is 24.2 Å². The van der Waals surface area contributed by atoms with Crippen molar-refractivity contribution in [1.29, 1.82) is 0 Å². The van der Waals surface area contributed by atoms with Crippen LogP contribution in [0.25, 0.3) is 0 Å². The van der Waals surface area contributed by atoms with Crippen molar-refractivity contribution in [3.05, 3.63) is 11.3 Å². The van der Waals surface area contributed by atoms with E-state index in [-0.39, 0.29) is 41.7 Å². The molecule has 0 aromatic carbocycles. The Hall–Kier alpha value is -1.20. The van der Waals surface area contributed by atoms with Crippen LogP contribution in [-0.4, -0.2) is 37.2 Å². The molecule has 0 heterocycles. The minimum atomic E-state index is -0.562. The summed E-state index contributed by atoms with van der Waals surface area (Å²) in [5.74, 6) is -1.00. The highest BCUT2D eigenvalue weighted by Gasteiger charge is 2.36. The van der Waals surface area contributed by atoms with Gasteiger partial charge in [0, 0.05) is 39.4 Å². The van der Waals surface area contributed by atoms with E-state index >= 15 is 0 Å². The highest BCUT2D eigenvalue weighted by molar-refractivity contribution is 6.22. The largest absolute Gasteiger partial charge is 0.511 e. The quantitative estimate of drug-likeness (QED) is 0.351. The lowest BCUT2D eigenvalue weighted by Gasteiger charge is -2.27. The zero-order valence-corrected chi connectivity index (χ0v) is 11.1. The first kappa shape index (κ1) is 14.9. The Labute approximate surface area is 107 Å². The number of hydrogen-bond donors (Lipinski definition) is 1. The van der Waals surface area contributed by atoms with E-state index in [9.17, 15) is 14.7 Å². The third-order valence-electron chi connectivity index (χ3n) is 3.08. The maximum absolute atomic E-state index is 11.9. The molecular weight excluding hydrogens is 236 g/mol. The number of hydrogen-bond acceptors (Lipinski definition) is 5. The minimum Gasteiger partial charge on any atom is -0.511 e. The molecule has 5 heteroatoms. The van der Waals surface area contributed by atoms with E-state index in [1.807, 2.05) is 6.92 Å². The average molecular weight is 256 g/mol. The van der Waals surface area contributed by atoms with E-state index in [0.29, 0.717) is 12.8 Å². The van der Waals surface area contributed by atoms with Crippen LogP contribution in [0, 0.1) is 5.92 Å². The monoisotopic (exact) mass is 256 g/mol. The zero-order valence-electron chi connectivity index (χ0n) is 11.1. The normalized spacial score (nSPS) is 20.7. The summed E-state index contributed by atoms with van der Waals surface area (Å²) in [5, 5.41) is 9.73. The van der Waals surface area contributed by atoms with E-state index in [0.717, 1.165) is 0 Å². The summed E-state index contributed by atoms with van der Waals surface area (Å²) in [4.78, 5) is 23.8. The Morgan fingerprint density at radius 2 is 1.78 bits per heavy atom. The van der Waals surface area contributed by atoms with Gasteiger partial charge in [-0.3, -0.25) is 9.59 Å². The van der Waals surface area contributed by atoms with E-state index in [1.54, 1.807) is 0 Å². The van der Waals surface area contributed by atoms with Crippen molar-refractivity contribution in [2.24, 2.45) is 5.92 Å². The SMILES string of the molecule is CCCC(O)=C1C(=O)CC(C(OC)OC)CC1=O. The van der Waals surface area contributed by atoms with Gasteiger partial charge < -0.3 is 14.6 Å². The molecule has 18 heavy (non-hydrogen) atoms. The molecule has 0 atom stereocenters. The van der Waals surface area contributed by atoms with Gasteiger partial charge >= 0.3 is 0 Å². The Kier molecular flexibility index (Phi) is 5.50. The number of rotatable bonds is 5. The van der Waals surface area contributed by atoms with Crippen molar-refractivity contribution in [2.75, 3.05) is 14.2 Å². The van der Waals surface area contributed by atoms with Gasteiger partial charge in [-0.2, -0.15) is 0 Å². The van der Waals surface area contributed by atoms with Gasteiger partial charge in [0.2, 0.25) is 0 Å². The van der Waals surface area contributed by atoms with E-state index in [4.69, 9.17) is 9.47 Å². The Morgan fingerprint density at radius 1 is 1.28 bits per heavy atom. The van der Waals surface area contributed by atoms with Crippen molar-refractivity contribution in [3.63, 3.8) is 0 Å². The number of allylic oxidation sites excluding steroid dienone is 2. The number of methoxy groups -OCH3 is 2. The van der Waals surface area contributed by atoms with Crippen LogP contribution in [0.1, 0.15) is 32.6 Å². The van der Waals surface area contributed by atoms with Crippen molar-refractivity contribution >= 4 is 11.6 Å². The van der Waals surface area contributed by atoms with Crippen LogP contribution in [0.15, 0.2) is 11.3 Å². The Balaban J connectivity index is 2.87. The van der Waals surface area contributed by atoms with Crippen molar-refractivity contribution in [3.8, 4) is 0 Å². The van der Waals surface area contributed by atoms with Gasteiger partial charge in [-0.05, 0) is 6.42 Å². The lowest BCUT2D eigenvalue weighted by atomic mass is 9.82. The molecule has 1 N–H and O–H groups in total. The van der Waals surface area contributed by atoms with Crippen LogP contribution in [0.4, 0.5) is 0 Å². The maximum atomic E-state index is 11.9. The van der Waals surface area contributed by atoms with E-state index in [2.05, 4.69) is 0 Å². The maximum Gasteiger partial charge on any atom is 0.170 e. The zero-order chi connectivity index (χ0) is 13.7. The molecular formula is C13H20O5. The van der Waals surface area contributed by atoms with Gasteiger partial charge in [-0.25, -0.2) is 0 Å². The summed E-state index contributed by atoms with van der Waals surface area (Å²) >= 11 is 0. The number of ketones is 2. The molecule has 1 fully saturated rings. The second kappa shape index (κ2) is 6.66. The predicted octanol–water partition coefficient (Wildman–Crippen LogP) is 1.77. The minimum absolute atomic E-state index is 0.0287. The lowest BCUT2D eigenvalue weighted by molar-refractivity contribution is -0.153. The Bertz CT molecular complexity index is 334. The molecule has 0 radical (unpaired) electrons.